The summed E-state index contributed by atoms with van der Waals surface area (Å²) >= 11 is 0. The van der Waals surface area contributed by atoms with Crippen LogP contribution in [-0.4, -0.2) is 15.0 Å². The fraction of sp³-hybridized carbons (Fsp3) is 0.0500. The van der Waals surface area contributed by atoms with E-state index in [1.807, 2.05) is 30.9 Å². The number of nitrogens with zero attached hydrogens (tertiary/aromatic N) is 3. The second-order valence-corrected chi connectivity index (χ2v) is 5.97. The summed E-state index contributed by atoms with van der Waals surface area (Å²) in [7, 11) is 0. The molecule has 0 spiro atoms. The third-order valence-corrected chi connectivity index (χ3v) is 4.42. The van der Waals surface area contributed by atoms with E-state index in [1.54, 1.807) is 0 Å². The molecule has 0 unspecified atom stereocenters. The topological polar surface area (TPSA) is 45.5 Å². The van der Waals surface area contributed by atoms with Crippen LogP contribution in [0.2, 0.25) is 0 Å². The molecule has 3 heterocycles. The van der Waals surface area contributed by atoms with Gasteiger partial charge in [0.2, 0.25) is 6.33 Å². The Morgan fingerprint density at radius 3 is 2.75 bits per heavy atom. The Kier molecular flexibility index (Phi) is 2.82. The summed E-state index contributed by atoms with van der Waals surface area (Å²) in [6.45, 7) is 0.785. The van der Waals surface area contributed by atoms with Gasteiger partial charge in [0.25, 0.3) is 0 Å². The SMILES string of the molecule is c1cnc2c(c1)ccc1cc(C[n+]3c[nH]c4ccccc43)cnc12. The van der Waals surface area contributed by atoms with Crippen LogP contribution in [-0.2, 0) is 6.54 Å². The largest absolute Gasteiger partial charge is 0.254 e. The number of para-hydroxylation sites is 2. The molecule has 0 fully saturated rings. The second kappa shape index (κ2) is 5.13. The molecule has 0 atom stereocenters. The lowest BCUT2D eigenvalue weighted by molar-refractivity contribution is -0.662. The molecule has 1 N–H and O–H groups in total. The molecule has 2 aromatic carbocycles. The van der Waals surface area contributed by atoms with Gasteiger partial charge in [0.1, 0.15) is 6.54 Å². The Balaban J connectivity index is 1.61. The Labute approximate surface area is 138 Å². The van der Waals surface area contributed by atoms with E-state index < -0.39 is 0 Å². The fourth-order valence-corrected chi connectivity index (χ4v) is 3.26. The molecule has 3 aromatic heterocycles. The van der Waals surface area contributed by atoms with Crippen molar-refractivity contribution in [3.05, 3.63) is 78.9 Å². The van der Waals surface area contributed by atoms with Crippen LogP contribution in [0.3, 0.4) is 0 Å². The Morgan fingerprint density at radius 2 is 1.75 bits per heavy atom. The highest BCUT2D eigenvalue weighted by molar-refractivity contribution is 6.02. The Hall–Kier alpha value is -3.27. The first-order valence-electron chi connectivity index (χ1n) is 7.96. The van der Waals surface area contributed by atoms with Crippen molar-refractivity contribution in [3.63, 3.8) is 0 Å². The normalized spacial score (nSPS) is 11.5. The van der Waals surface area contributed by atoms with Crippen LogP contribution in [0.25, 0.3) is 32.8 Å². The van der Waals surface area contributed by atoms with Gasteiger partial charge in [0.05, 0.1) is 11.0 Å². The average molecular weight is 311 g/mol. The maximum absolute atomic E-state index is 4.68. The maximum Gasteiger partial charge on any atom is 0.242 e. The standard InChI is InChI=1S/C20H14N4/c1-2-6-18-17(5-1)23-13-24(18)12-14-10-16-8-7-15-4-3-9-21-19(15)20(16)22-11-14/h1-11,13H,12H2/p+1. The van der Waals surface area contributed by atoms with Crippen LogP contribution in [0.1, 0.15) is 5.56 Å². The van der Waals surface area contributed by atoms with E-state index in [0.717, 1.165) is 33.9 Å². The predicted octanol–water partition coefficient (Wildman–Crippen LogP) is 3.60. The van der Waals surface area contributed by atoms with Crippen LogP contribution in [0.4, 0.5) is 0 Å². The van der Waals surface area contributed by atoms with Crippen molar-refractivity contribution in [2.24, 2.45) is 0 Å². The molecule has 24 heavy (non-hydrogen) atoms. The number of benzene rings is 2. The zero-order chi connectivity index (χ0) is 15.9. The molecular weight excluding hydrogens is 296 g/mol. The molecule has 4 heteroatoms. The molecule has 0 saturated carbocycles. The summed E-state index contributed by atoms with van der Waals surface area (Å²) in [6.07, 6.45) is 5.78. The smallest absolute Gasteiger partial charge is 0.242 e. The number of hydrogen-bond acceptors (Lipinski definition) is 2. The molecule has 0 saturated heterocycles. The highest BCUT2D eigenvalue weighted by Gasteiger charge is 2.10. The lowest BCUT2D eigenvalue weighted by Gasteiger charge is -2.04. The van der Waals surface area contributed by atoms with Gasteiger partial charge in [-0.15, -0.1) is 0 Å². The van der Waals surface area contributed by atoms with Crippen molar-refractivity contribution >= 4 is 32.8 Å². The highest BCUT2D eigenvalue weighted by Crippen LogP contribution is 2.22. The van der Waals surface area contributed by atoms with Gasteiger partial charge < -0.3 is 0 Å². The van der Waals surface area contributed by atoms with Crippen LogP contribution < -0.4 is 4.57 Å². The van der Waals surface area contributed by atoms with Crippen LogP contribution in [0.5, 0.6) is 0 Å². The van der Waals surface area contributed by atoms with Crippen molar-refractivity contribution in [3.8, 4) is 0 Å². The average Bonchev–Trinajstić information content (AvgIpc) is 3.04. The van der Waals surface area contributed by atoms with Gasteiger partial charge in [-0.25, -0.2) is 9.55 Å². The molecule has 0 aliphatic rings. The zero-order valence-electron chi connectivity index (χ0n) is 13.0. The first kappa shape index (κ1) is 13.2. The number of imidazole rings is 1. The zero-order valence-corrected chi connectivity index (χ0v) is 13.0. The molecular formula is C20H15N4+. The van der Waals surface area contributed by atoms with E-state index in [-0.39, 0.29) is 0 Å². The maximum atomic E-state index is 4.68. The molecule has 5 rings (SSSR count). The number of nitrogens with one attached hydrogen (secondary N) is 1. The lowest BCUT2D eigenvalue weighted by atomic mass is 10.1. The third-order valence-electron chi connectivity index (χ3n) is 4.42. The minimum Gasteiger partial charge on any atom is -0.254 e. The molecule has 0 aliphatic heterocycles. The predicted molar refractivity (Wildman–Crippen MR) is 94.6 cm³/mol. The van der Waals surface area contributed by atoms with Gasteiger partial charge >= 0.3 is 0 Å². The monoisotopic (exact) mass is 311 g/mol. The van der Waals surface area contributed by atoms with E-state index in [1.165, 1.54) is 11.1 Å². The second-order valence-electron chi connectivity index (χ2n) is 5.97. The number of rotatable bonds is 2. The van der Waals surface area contributed by atoms with E-state index in [2.05, 4.69) is 62.0 Å². The van der Waals surface area contributed by atoms with Crippen molar-refractivity contribution in [2.45, 2.75) is 6.54 Å². The van der Waals surface area contributed by atoms with Gasteiger partial charge in [-0.2, -0.15) is 0 Å². The van der Waals surface area contributed by atoms with Gasteiger partial charge in [0, 0.05) is 28.7 Å². The molecule has 0 bridgehead atoms. The molecule has 0 aliphatic carbocycles. The highest BCUT2D eigenvalue weighted by atomic mass is 15.0. The van der Waals surface area contributed by atoms with Crippen LogP contribution >= 0.6 is 0 Å². The molecule has 0 radical (unpaired) electrons. The number of H-pyrrole nitrogens is 1. The quantitative estimate of drug-likeness (QED) is 0.400. The molecule has 5 aromatic rings. The first-order valence-corrected chi connectivity index (χ1v) is 7.96. The lowest BCUT2D eigenvalue weighted by Crippen LogP contribution is -2.32. The van der Waals surface area contributed by atoms with Gasteiger partial charge in [0.15, 0.2) is 11.0 Å². The van der Waals surface area contributed by atoms with E-state index >= 15 is 0 Å². The third kappa shape index (κ3) is 2.04. The summed E-state index contributed by atoms with van der Waals surface area (Å²) in [4.78, 5) is 12.5. The Bertz CT molecular complexity index is 1190. The minimum atomic E-state index is 0.785. The molecule has 0 amide bonds. The van der Waals surface area contributed by atoms with Crippen molar-refractivity contribution in [1.82, 2.24) is 15.0 Å². The fourth-order valence-electron chi connectivity index (χ4n) is 3.26. The first-order chi connectivity index (χ1) is 11.9. The van der Waals surface area contributed by atoms with Gasteiger partial charge in [-0.3, -0.25) is 9.97 Å². The number of aromatic nitrogens is 4. The molecule has 114 valence electrons. The minimum absolute atomic E-state index is 0.785. The number of pyridine rings is 2. The van der Waals surface area contributed by atoms with E-state index in [9.17, 15) is 0 Å². The summed E-state index contributed by atoms with van der Waals surface area (Å²) < 4.78 is 2.21. The van der Waals surface area contributed by atoms with Crippen LogP contribution in [0.15, 0.2) is 73.3 Å². The van der Waals surface area contributed by atoms with Crippen molar-refractivity contribution in [2.75, 3.05) is 0 Å². The van der Waals surface area contributed by atoms with Crippen molar-refractivity contribution in [1.29, 1.82) is 0 Å². The summed E-state index contributed by atoms with van der Waals surface area (Å²) in [5, 5.41) is 2.25. The van der Waals surface area contributed by atoms with Crippen molar-refractivity contribution < 1.29 is 4.57 Å². The number of aromatic amines is 1. The van der Waals surface area contributed by atoms with Gasteiger partial charge in [-0.1, -0.05) is 30.3 Å². The Morgan fingerprint density at radius 1 is 0.875 bits per heavy atom. The summed E-state index contributed by atoms with van der Waals surface area (Å²) in [5.41, 5.74) is 5.42. The van der Waals surface area contributed by atoms with Crippen LogP contribution in [0, 0.1) is 0 Å². The summed E-state index contributed by atoms with van der Waals surface area (Å²) in [5.74, 6) is 0. The molecule has 4 nitrogen and oxygen atoms in total. The number of fused-ring (bicyclic) bond motifs is 4. The summed E-state index contributed by atoms with van der Waals surface area (Å²) in [6, 6.07) is 18.8. The van der Waals surface area contributed by atoms with E-state index in [0.29, 0.717) is 0 Å². The number of hydrogen-bond donors (Lipinski definition) is 1. The van der Waals surface area contributed by atoms with E-state index in [4.69, 9.17) is 0 Å². The van der Waals surface area contributed by atoms with Gasteiger partial charge in [-0.05, 0) is 24.3 Å².